The van der Waals surface area contributed by atoms with Gasteiger partial charge in [-0.15, -0.1) is 0 Å². The zero-order valence-corrected chi connectivity index (χ0v) is 20.9. The van der Waals surface area contributed by atoms with Crippen molar-refractivity contribution in [1.82, 2.24) is 14.4 Å². The normalized spacial score (nSPS) is 11.8. The molecular weight excluding hydrogens is 420 g/mol. The van der Waals surface area contributed by atoms with Crippen molar-refractivity contribution in [1.29, 1.82) is 0 Å². The number of methoxy groups -OCH3 is 2. The smallest absolute Gasteiger partial charge is 0.322 e. The molecule has 0 saturated heterocycles. The van der Waals surface area contributed by atoms with Crippen LogP contribution in [0.25, 0.3) is 0 Å². The fourth-order valence-corrected chi connectivity index (χ4v) is 3.52. The average molecular weight is 459 g/mol. The van der Waals surface area contributed by atoms with Crippen molar-refractivity contribution in [2.24, 2.45) is 13.0 Å². The fourth-order valence-electron chi connectivity index (χ4n) is 3.52. The summed E-state index contributed by atoms with van der Waals surface area (Å²) >= 11 is 0. The van der Waals surface area contributed by atoms with Gasteiger partial charge >= 0.3 is 6.03 Å². The van der Waals surface area contributed by atoms with Gasteiger partial charge in [0.25, 0.3) is 0 Å². The van der Waals surface area contributed by atoms with Crippen molar-refractivity contribution in [3.63, 3.8) is 0 Å². The van der Waals surface area contributed by atoms with Crippen LogP contribution in [0.3, 0.4) is 0 Å². The molecule has 33 heavy (non-hydrogen) atoms. The molecule has 8 heteroatoms. The maximum Gasteiger partial charge on any atom is 0.322 e. The number of carbonyl (C=O) groups is 2. The summed E-state index contributed by atoms with van der Waals surface area (Å²) in [6.45, 7) is 9.24. The van der Waals surface area contributed by atoms with Crippen molar-refractivity contribution >= 4 is 17.6 Å². The molecule has 2 rings (SSSR count). The lowest BCUT2D eigenvalue weighted by molar-refractivity contribution is -0.133. The van der Waals surface area contributed by atoms with Gasteiger partial charge in [0.15, 0.2) is 0 Å². The molecule has 0 aliphatic carbocycles. The summed E-state index contributed by atoms with van der Waals surface area (Å²) in [5.41, 5.74) is 1.59. The third kappa shape index (κ3) is 7.44. The molecule has 2 aromatic rings. The summed E-state index contributed by atoms with van der Waals surface area (Å²) in [7, 11) is 5.08. The van der Waals surface area contributed by atoms with Gasteiger partial charge in [0, 0.05) is 55.4 Å². The lowest BCUT2D eigenvalue weighted by atomic mass is 10.2. The van der Waals surface area contributed by atoms with E-state index in [1.807, 2.05) is 48.7 Å². The standard InChI is InChI=1S/C25H38N4O4/c1-8-19(4)29(25(31)26-20-12-22(32-6)14-23(13-20)33-7)17-24(30)28(15-18(2)3)16-21-10-9-11-27(21)5/h9-14,18-19H,8,15-17H2,1-7H3,(H,26,31). The fraction of sp³-hybridized carbons (Fsp3) is 0.520. The summed E-state index contributed by atoms with van der Waals surface area (Å²) in [4.78, 5) is 30.0. The van der Waals surface area contributed by atoms with Crippen LogP contribution in [0.1, 0.15) is 39.8 Å². The molecule has 1 heterocycles. The monoisotopic (exact) mass is 458 g/mol. The van der Waals surface area contributed by atoms with Gasteiger partial charge in [-0.2, -0.15) is 0 Å². The van der Waals surface area contributed by atoms with Gasteiger partial charge in [0.2, 0.25) is 5.91 Å². The molecule has 1 N–H and O–H groups in total. The second-order valence-electron chi connectivity index (χ2n) is 8.70. The molecule has 182 valence electrons. The molecule has 0 aliphatic rings. The summed E-state index contributed by atoms with van der Waals surface area (Å²) in [5, 5.41) is 2.90. The molecule has 8 nitrogen and oxygen atoms in total. The number of nitrogens with zero attached hydrogens (tertiary/aromatic N) is 3. The Balaban J connectivity index is 2.21. The molecule has 1 atom stereocenters. The van der Waals surface area contributed by atoms with Gasteiger partial charge in [0.1, 0.15) is 18.0 Å². The van der Waals surface area contributed by atoms with E-state index in [4.69, 9.17) is 9.47 Å². The second-order valence-corrected chi connectivity index (χ2v) is 8.70. The van der Waals surface area contributed by atoms with E-state index in [2.05, 4.69) is 19.2 Å². The number of urea groups is 1. The molecule has 3 amide bonds. The number of hydrogen-bond acceptors (Lipinski definition) is 4. The molecule has 0 bridgehead atoms. The number of carbonyl (C=O) groups excluding carboxylic acids is 2. The topological polar surface area (TPSA) is 76.0 Å². The van der Waals surface area contributed by atoms with Crippen LogP contribution in [0.15, 0.2) is 36.5 Å². The summed E-state index contributed by atoms with van der Waals surface area (Å²) in [5.74, 6) is 1.37. The lowest BCUT2D eigenvalue weighted by Crippen LogP contribution is -2.48. The first-order valence-corrected chi connectivity index (χ1v) is 11.4. The van der Waals surface area contributed by atoms with Crippen molar-refractivity contribution in [2.75, 3.05) is 32.6 Å². The van der Waals surface area contributed by atoms with Crippen LogP contribution in [0.5, 0.6) is 11.5 Å². The lowest BCUT2D eigenvalue weighted by Gasteiger charge is -2.32. The van der Waals surface area contributed by atoms with Gasteiger partial charge in [0.05, 0.1) is 20.8 Å². The number of benzene rings is 1. The maximum absolute atomic E-state index is 13.4. The predicted molar refractivity (Wildman–Crippen MR) is 131 cm³/mol. The van der Waals surface area contributed by atoms with Gasteiger partial charge in [-0.05, 0) is 31.4 Å². The minimum absolute atomic E-state index is 0.000906. The van der Waals surface area contributed by atoms with E-state index in [1.54, 1.807) is 37.3 Å². The van der Waals surface area contributed by atoms with Crippen LogP contribution in [0.2, 0.25) is 0 Å². The van der Waals surface area contributed by atoms with E-state index in [9.17, 15) is 9.59 Å². The number of amides is 3. The highest BCUT2D eigenvalue weighted by Crippen LogP contribution is 2.26. The van der Waals surface area contributed by atoms with Gasteiger partial charge in [-0.1, -0.05) is 20.8 Å². The first-order chi connectivity index (χ1) is 15.7. The number of aryl methyl sites for hydroxylation is 1. The maximum atomic E-state index is 13.4. The number of hydrogen-bond donors (Lipinski definition) is 1. The third-order valence-corrected chi connectivity index (χ3v) is 5.63. The minimum atomic E-state index is -0.337. The molecule has 1 aromatic carbocycles. The van der Waals surface area contributed by atoms with E-state index < -0.39 is 0 Å². The Hall–Kier alpha value is -3.16. The van der Waals surface area contributed by atoms with E-state index in [1.165, 1.54) is 0 Å². The van der Waals surface area contributed by atoms with Crippen LogP contribution >= 0.6 is 0 Å². The molecule has 1 unspecified atom stereocenters. The second kappa shape index (κ2) is 12.2. The van der Waals surface area contributed by atoms with Crippen LogP contribution in [-0.4, -0.2) is 59.7 Å². The number of nitrogens with one attached hydrogen (secondary N) is 1. The van der Waals surface area contributed by atoms with Crippen molar-refractivity contribution in [2.45, 2.75) is 46.7 Å². The Morgan fingerprint density at radius 1 is 1.09 bits per heavy atom. The van der Waals surface area contributed by atoms with Gasteiger partial charge in [-0.25, -0.2) is 4.79 Å². The number of aromatic nitrogens is 1. The zero-order chi connectivity index (χ0) is 24.5. The highest BCUT2D eigenvalue weighted by atomic mass is 16.5. The first-order valence-electron chi connectivity index (χ1n) is 11.4. The number of anilines is 1. The van der Waals surface area contributed by atoms with Crippen LogP contribution in [0.4, 0.5) is 10.5 Å². The number of rotatable bonds is 11. The summed E-state index contributed by atoms with van der Waals surface area (Å²) in [6, 6.07) is 8.70. The Kier molecular flexibility index (Phi) is 9.63. The largest absolute Gasteiger partial charge is 0.497 e. The zero-order valence-electron chi connectivity index (χ0n) is 20.9. The van der Waals surface area contributed by atoms with Crippen LogP contribution in [-0.2, 0) is 18.4 Å². The Morgan fingerprint density at radius 2 is 1.73 bits per heavy atom. The Labute approximate surface area is 197 Å². The molecule has 0 radical (unpaired) electrons. The van der Waals surface area contributed by atoms with Crippen LogP contribution in [0, 0.1) is 5.92 Å². The Morgan fingerprint density at radius 3 is 2.21 bits per heavy atom. The first kappa shape index (κ1) is 26.1. The molecule has 0 spiro atoms. The van der Waals surface area contributed by atoms with E-state index in [0.29, 0.717) is 36.2 Å². The average Bonchev–Trinajstić information content (AvgIpc) is 3.19. The number of ether oxygens (including phenoxy) is 2. The van der Waals surface area contributed by atoms with E-state index >= 15 is 0 Å². The van der Waals surface area contributed by atoms with Crippen molar-refractivity contribution in [3.8, 4) is 11.5 Å². The summed E-state index contributed by atoms with van der Waals surface area (Å²) in [6.07, 6.45) is 2.69. The van der Waals surface area contributed by atoms with E-state index in [-0.39, 0.29) is 24.5 Å². The van der Waals surface area contributed by atoms with Crippen LogP contribution < -0.4 is 14.8 Å². The molecule has 0 fully saturated rings. The highest BCUT2D eigenvalue weighted by molar-refractivity contribution is 5.93. The Bertz CT molecular complexity index is 903. The minimum Gasteiger partial charge on any atom is -0.497 e. The molecule has 0 saturated carbocycles. The van der Waals surface area contributed by atoms with Gasteiger partial charge in [-0.3, -0.25) is 4.79 Å². The molecule has 0 aliphatic heterocycles. The SMILES string of the molecule is CCC(C)N(CC(=O)N(Cc1cccn1C)CC(C)C)C(=O)Nc1cc(OC)cc(OC)c1. The van der Waals surface area contributed by atoms with Crippen molar-refractivity contribution < 1.29 is 19.1 Å². The van der Waals surface area contributed by atoms with Gasteiger partial charge < -0.3 is 29.2 Å². The summed E-state index contributed by atoms with van der Waals surface area (Å²) < 4.78 is 12.6. The van der Waals surface area contributed by atoms with E-state index in [0.717, 1.165) is 12.1 Å². The molecule has 1 aromatic heterocycles. The molecular formula is C25H38N4O4. The quantitative estimate of drug-likeness (QED) is 0.543. The third-order valence-electron chi connectivity index (χ3n) is 5.63. The highest BCUT2D eigenvalue weighted by Gasteiger charge is 2.26. The predicted octanol–water partition coefficient (Wildman–Crippen LogP) is 4.36. The van der Waals surface area contributed by atoms with Crippen molar-refractivity contribution in [3.05, 3.63) is 42.2 Å².